The van der Waals surface area contributed by atoms with Crippen LogP contribution in [0.4, 0.5) is 11.4 Å². The van der Waals surface area contributed by atoms with Crippen LogP contribution in [-0.2, 0) is 0 Å². The van der Waals surface area contributed by atoms with Crippen molar-refractivity contribution in [2.24, 2.45) is 0 Å². The Bertz CT molecular complexity index is 954. The number of benzene rings is 2. The van der Waals surface area contributed by atoms with Gasteiger partial charge < -0.3 is 5.32 Å². The van der Waals surface area contributed by atoms with E-state index in [0.29, 0.717) is 5.69 Å². The molecule has 1 heterocycles. The zero-order valence-corrected chi connectivity index (χ0v) is 13.6. The highest BCUT2D eigenvalue weighted by molar-refractivity contribution is 6.04. The molecule has 0 saturated heterocycles. The summed E-state index contributed by atoms with van der Waals surface area (Å²) < 4.78 is 0. The number of nitro groups is 1. The van der Waals surface area contributed by atoms with Gasteiger partial charge in [-0.2, -0.15) is 5.10 Å². The van der Waals surface area contributed by atoms with Gasteiger partial charge in [0.1, 0.15) is 0 Å². The molecule has 1 amide bonds. The highest BCUT2D eigenvalue weighted by Crippen LogP contribution is 2.20. The van der Waals surface area contributed by atoms with Gasteiger partial charge in [0, 0.05) is 24.0 Å². The van der Waals surface area contributed by atoms with Crippen LogP contribution in [0.1, 0.15) is 21.6 Å². The van der Waals surface area contributed by atoms with E-state index in [9.17, 15) is 14.9 Å². The third kappa shape index (κ3) is 4.15. The lowest BCUT2D eigenvalue weighted by atomic mass is 10.1. The maximum absolute atomic E-state index is 12.2. The second kappa shape index (κ2) is 7.80. The minimum Gasteiger partial charge on any atom is -0.320 e. The van der Waals surface area contributed by atoms with Crippen molar-refractivity contribution < 1.29 is 9.72 Å². The molecule has 0 unspecified atom stereocenters. The van der Waals surface area contributed by atoms with Crippen LogP contribution in [0, 0.1) is 10.1 Å². The number of nitro benzene ring substituents is 1. The number of anilines is 1. The van der Waals surface area contributed by atoms with Crippen molar-refractivity contribution in [3.63, 3.8) is 0 Å². The van der Waals surface area contributed by atoms with Crippen LogP contribution in [0.3, 0.4) is 0 Å². The fourth-order valence-corrected chi connectivity index (χ4v) is 2.26. The molecule has 0 bridgehead atoms. The third-order valence-electron chi connectivity index (χ3n) is 3.57. The van der Waals surface area contributed by atoms with Gasteiger partial charge in [-0.15, -0.1) is 5.10 Å². The highest BCUT2D eigenvalue weighted by atomic mass is 16.6. The average molecular weight is 346 g/mol. The summed E-state index contributed by atoms with van der Waals surface area (Å²) >= 11 is 0. The number of amides is 1. The Balaban J connectivity index is 1.78. The Morgan fingerprint density at radius 1 is 1.00 bits per heavy atom. The van der Waals surface area contributed by atoms with Crippen molar-refractivity contribution in [1.29, 1.82) is 0 Å². The van der Waals surface area contributed by atoms with E-state index < -0.39 is 4.92 Å². The average Bonchev–Trinajstić information content (AvgIpc) is 2.68. The monoisotopic (exact) mass is 346 g/mol. The third-order valence-corrected chi connectivity index (χ3v) is 3.57. The van der Waals surface area contributed by atoms with Gasteiger partial charge >= 0.3 is 0 Å². The summed E-state index contributed by atoms with van der Waals surface area (Å²) in [6, 6.07) is 16.7. The highest BCUT2D eigenvalue weighted by Gasteiger charge is 2.09. The summed E-state index contributed by atoms with van der Waals surface area (Å²) in [6.07, 6.45) is 5.14. The number of para-hydroxylation sites is 1. The molecule has 1 aromatic heterocycles. The minimum atomic E-state index is -0.440. The number of nitrogens with one attached hydrogen (secondary N) is 1. The van der Waals surface area contributed by atoms with E-state index in [2.05, 4.69) is 15.5 Å². The van der Waals surface area contributed by atoms with E-state index in [1.54, 1.807) is 30.3 Å². The molecule has 0 fully saturated rings. The number of hydrogen-bond donors (Lipinski definition) is 1. The topological polar surface area (TPSA) is 98.0 Å². The first-order valence-electron chi connectivity index (χ1n) is 7.74. The molecule has 3 aromatic rings. The molecule has 1 N–H and O–H groups in total. The molecule has 0 saturated carbocycles. The van der Waals surface area contributed by atoms with Crippen LogP contribution in [0.15, 0.2) is 66.9 Å². The van der Waals surface area contributed by atoms with E-state index in [1.807, 2.05) is 30.4 Å². The summed E-state index contributed by atoms with van der Waals surface area (Å²) in [5.74, 6) is -0.353. The molecular formula is C19H14N4O3. The first-order valence-corrected chi connectivity index (χ1v) is 7.74. The van der Waals surface area contributed by atoms with Crippen molar-refractivity contribution >= 4 is 29.4 Å². The van der Waals surface area contributed by atoms with Crippen molar-refractivity contribution in [2.75, 3.05) is 5.32 Å². The van der Waals surface area contributed by atoms with E-state index in [4.69, 9.17) is 0 Å². The van der Waals surface area contributed by atoms with Gasteiger partial charge in [-0.1, -0.05) is 30.4 Å². The van der Waals surface area contributed by atoms with Crippen LogP contribution in [-0.4, -0.2) is 21.0 Å². The number of hydrogen-bond acceptors (Lipinski definition) is 5. The number of aromatic nitrogens is 2. The first kappa shape index (κ1) is 17.0. The van der Waals surface area contributed by atoms with Crippen LogP contribution < -0.4 is 5.32 Å². The number of carbonyl (C=O) groups excluding carboxylic acids is 1. The number of rotatable bonds is 5. The molecule has 0 aliphatic rings. The zero-order valence-electron chi connectivity index (χ0n) is 13.6. The molecule has 3 rings (SSSR count). The lowest BCUT2D eigenvalue weighted by molar-refractivity contribution is -0.384. The van der Waals surface area contributed by atoms with Gasteiger partial charge in [0.05, 0.1) is 4.92 Å². The fraction of sp³-hybridized carbons (Fsp3) is 0. The lowest BCUT2D eigenvalue weighted by Gasteiger charge is -2.07. The standard InChI is InChI=1S/C19H14N4O3/c24-19(18-6-3-13-20-22-18)21-17-5-2-1-4-15(17)10-7-14-8-11-16(12-9-14)23(25)26/h1-13H,(H,21,24)/b10-7+. The second-order valence-corrected chi connectivity index (χ2v) is 5.33. The first-order chi connectivity index (χ1) is 12.6. The van der Waals surface area contributed by atoms with Crippen LogP contribution in [0.5, 0.6) is 0 Å². The van der Waals surface area contributed by atoms with Gasteiger partial charge in [0.15, 0.2) is 5.69 Å². The fourth-order valence-electron chi connectivity index (χ4n) is 2.26. The molecule has 0 atom stereocenters. The number of nitrogens with zero attached hydrogens (tertiary/aromatic N) is 3. The summed E-state index contributed by atoms with van der Waals surface area (Å²) in [7, 11) is 0. The molecule has 0 aliphatic carbocycles. The molecule has 0 aliphatic heterocycles. The van der Waals surface area contributed by atoms with E-state index in [1.165, 1.54) is 18.3 Å². The van der Waals surface area contributed by atoms with Crippen molar-refractivity contribution in [1.82, 2.24) is 10.2 Å². The zero-order chi connectivity index (χ0) is 18.4. The number of non-ortho nitro benzene ring substituents is 1. The Labute approximate surface area is 149 Å². The molecule has 2 aromatic carbocycles. The molecular weight excluding hydrogens is 332 g/mol. The predicted octanol–water partition coefficient (Wildman–Crippen LogP) is 3.81. The maximum Gasteiger partial charge on any atom is 0.276 e. The summed E-state index contributed by atoms with van der Waals surface area (Å²) in [5, 5.41) is 21.0. The van der Waals surface area contributed by atoms with Gasteiger partial charge in [0.2, 0.25) is 0 Å². The van der Waals surface area contributed by atoms with Crippen molar-refractivity contribution in [3.8, 4) is 0 Å². The van der Waals surface area contributed by atoms with E-state index >= 15 is 0 Å². The van der Waals surface area contributed by atoms with Gasteiger partial charge in [0.25, 0.3) is 11.6 Å². The maximum atomic E-state index is 12.2. The van der Waals surface area contributed by atoms with Crippen LogP contribution >= 0.6 is 0 Å². The minimum absolute atomic E-state index is 0.0405. The Kier molecular flexibility index (Phi) is 5.09. The molecule has 7 heteroatoms. The SMILES string of the molecule is O=C(Nc1ccccc1/C=C/c1ccc([N+](=O)[O-])cc1)c1cccnn1. The Morgan fingerprint density at radius 3 is 2.46 bits per heavy atom. The number of carbonyl (C=O) groups is 1. The molecule has 7 nitrogen and oxygen atoms in total. The Morgan fingerprint density at radius 2 is 1.77 bits per heavy atom. The van der Waals surface area contributed by atoms with Gasteiger partial charge in [-0.25, -0.2) is 0 Å². The lowest BCUT2D eigenvalue weighted by Crippen LogP contribution is -2.14. The summed E-state index contributed by atoms with van der Waals surface area (Å²) in [5.41, 5.74) is 2.50. The largest absolute Gasteiger partial charge is 0.320 e. The van der Waals surface area contributed by atoms with Crippen molar-refractivity contribution in [3.05, 3.63) is 93.8 Å². The van der Waals surface area contributed by atoms with Gasteiger partial charge in [-0.3, -0.25) is 14.9 Å². The molecule has 128 valence electrons. The van der Waals surface area contributed by atoms with E-state index in [0.717, 1.165) is 11.1 Å². The smallest absolute Gasteiger partial charge is 0.276 e. The van der Waals surface area contributed by atoms with E-state index in [-0.39, 0.29) is 17.3 Å². The summed E-state index contributed by atoms with van der Waals surface area (Å²) in [4.78, 5) is 22.5. The molecule has 0 radical (unpaired) electrons. The van der Waals surface area contributed by atoms with Crippen molar-refractivity contribution in [2.45, 2.75) is 0 Å². The van der Waals surface area contributed by atoms with Crippen LogP contribution in [0.2, 0.25) is 0 Å². The normalized spacial score (nSPS) is 10.6. The van der Waals surface area contributed by atoms with Gasteiger partial charge in [-0.05, 0) is 41.5 Å². The predicted molar refractivity (Wildman–Crippen MR) is 98.5 cm³/mol. The quantitative estimate of drug-likeness (QED) is 0.430. The second-order valence-electron chi connectivity index (χ2n) is 5.33. The summed E-state index contributed by atoms with van der Waals surface area (Å²) in [6.45, 7) is 0. The molecule has 0 spiro atoms. The Hall–Kier alpha value is -3.87. The van der Waals surface area contributed by atoms with Crippen LogP contribution in [0.25, 0.3) is 12.2 Å². The molecule has 26 heavy (non-hydrogen) atoms.